The Balaban J connectivity index is 1.90. The van der Waals surface area contributed by atoms with Crippen LogP contribution in [0.1, 0.15) is 18.7 Å². The maximum atomic E-state index is 12.6. The average molecular weight is 341 g/mol. The Hall–Kier alpha value is -2.47. The first-order valence-corrected chi connectivity index (χ1v) is 8.79. The lowest BCUT2D eigenvalue weighted by atomic mass is 10.3. The number of nitrogens with zero attached hydrogens (tertiary/aromatic N) is 3. The Labute approximate surface area is 144 Å². The van der Waals surface area contributed by atoms with Crippen LogP contribution in [-0.4, -0.2) is 22.0 Å². The van der Waals surface area contributed by atoms with Crippen LogP contribution in [0.3, 0.4) is 0 Å². The van der Waals surface area contributed by atoms with Gasteiger partial charge in [-0.05, 0) is 31.5 Å². The number of fused-ring (bicyclic) bond motifs is 1. The Morgan fingerprint density at radius 3 is 2.67 bits per heavy atom. The summed E-state index contributed by atoms with van der Waals surface area (Å²) in [6.45, 7) is 4.50. The van der Waals surface area contributed by atoms with Crippen LogP contribution in [0.2, 0.25) is 0 Å². The Morgan fingerprint density at radius 1 is 1.25 bits per heavy atom. The van der Waals surface area contributed by atoms with Crippen molar-refractivity contribution in [2.45, 2.75) is 26.8 Å². The highest BCUT2D eigenvalue weighted by Gasteiger charge is 2.16. The second-order valence-electron chi connectivity index (χ2n) is 5.44. The smallest absolute Gasteiger partial charge is 0.262 e. The summed E-state index contributed by atoms with van der Waals surface area (Å²) >= 11 is 1.53. The molecule has 1 aromatic carbocycles. The molecule has 0 saturated heterocycles. The van der Waals surface area contributed by atoms with Crippen LogP contribution < -0.4 is 10.5 Å². The third-order valence-corrected chi connectivity index (χ3v) is 5.10. The van der Waals surface area contributed by atoms with Crippen molar-refractivity contribution in [2.75, 3.05) is 11.4 Å². The van der Waals surface area contributed by atoms with E-state index in [4.69, 9.17) is 0 Å². The summed E-state index contributed by atoms with van der Waals surface area (Å²) in [5.41, 5.74) is 0.671. The molecule has 0 radical (unpaired) electrons. The molecule has 0 saturated carbocycles. The van der Waals surface area contributed by atoms with E-state index in [0.29, 0.717) is 11.9 Å². The lowest BCUT2D eigenvalue weighted by molar-refractivity contribution is -0.119. The molecule has 24 heavy (non-hydrogen) atoms. The number of aromatic nitrogens is 2. The molecule has 6 heteroatoms. The Kier molecular flexibility index (Phi) is 4.76. The van der Waals surface area contributed by atoms with Crippen molar-refractivity contribution < 1.29 is 4.79 Å². The molecule has 1 amide bonds. The summed E-state index contributed by atoms with van der Waals surface area (Å²) in [5.74, 6) is -0.127. The standard InChI is InChI=1S/C18H19N3O2S/c1-3-14-10-15-17(24-14)19-12-20(18(15)23)11-16(22)21(4-2)13-8-6-5-7-9-13/h5-10,12H,3-4,11H2,1-2H3. The van der Waals surface area contributed by atoms with Crippen LogP contribution in [0.15, 0.2) is 47.5 Å². The van der Waals surface area contributed by atoms with Gasteiger partial charge in [0, 0.05) is 17.1 Å². The third kappa shape index (κ3) is 3.10. The molecule has 0 unspecified atom stereocenters. The van der Waals surface area contributed by atoms with Crippen molar-refractivity contribution >= 4 is 33.1 Å². The van der Waals surface area contributed by atoms with Crippen molar-refractivity contribution in [3.8, 4) is 0 Å². The third-order valence-electron chi connectivity index (χ3n) is 3.91. The van der Waals surface area contributed by atoms with Gasteiger partial charge in [-0.25, -0.2) is 4.98 Å². The monoisotopic (exact) mass is 341 g/mol. The molecule has 0 aliphatic rings. The summed E-state index contributed by atoms with van der Waals surface area (Å²) in [7, 11) is 0. The van der Waals surface area contributed by atoms with Gasteiger partial charge in [-0.3, -0.25) is 14.2 Å². The highest BCUT2D eigenvalue weighted by Crippen LogP contribution is 2.21. The zero-order valence-corrected chi connectivity index (χ0v) is 14.5. The Morgan fingerprint density at radius 2 is 2.00 bits per heavy atom. The van der Waals surface area contributed by atoms with E-state index in [1.165, 1.54) is 22.2 Å². The second kappa shape index (κ2) is 6.97. The molecule has 0 fully saturated rings. The number of rotatable bonds is 5. The molecule has 5 nitrogen and oxygen atoms in total. The van der Waals surface area contributed by atoms with Gasteiger partial charge in [0.05, 0.1) is 11.7 Å². The zero-order valence-electron chi connectivity index (χ0n) is 13.7. The molecule has 0 N–H and O–H groups in total. The van der Waals surface area contributed by atoms with Gasteiger partial charge in [0.15, 0.2) is 0 Å². The maximum absolute atomic E-state index is 12.6. The van der Waals surface area contributed by atoms with Crippen LogP contribution in [0, 0.1) is 0 Å². The van der Waals surface area contributed by atoms with E-state index < -0.39 is 0 Å². The molecular formula is C18H19N3O2S. The predicted octanol–water partition coefficient (Wildman–Crippen LogP) is 3.07. The van der Waals surface area contributed by atoms with Crippen molar-refractivity contribution in [3.63, 3.8) is 0 Å². The van der Waals surface area contributed by atoms with E-state index in [1.807, 2.05) is 50.2 Å². The average Bonchev–Trinajstić information content (AvgIpc) is 3.03. The van der Waals surface area contributed by atoms with Gasteiger partial charge >= 0.3 is 0 Å². The lowest BCUT2D eigenvalue weighted by Gasteiger charge is -2.21. The van der Waals surface area contributed by atoms with E-state index in [-0.39, 0.29) is 18.0 Å². The molecule has 2 aromatic heterocycles. The number of hydrogen-bond acceptors (Lipinski definition) is 4. The number of para-hydroxylation sites is 1. The number of anilines is 1. The van der Waals surface area contributed by atoms with Gasteiger partial charge in [-0.1, -0.05) is 25.1 Å². The fourth-order valence-corrected chi connectivity index (χ4v) is 3.56. The van der Waals surface area contributed by atoms with Crippen molar-refractivity contribution in [1.29, 1.82) is 0 Å². The molecule has 3 rings (SSSR count). The van der Waals surface area contributed by atoms with Crippen LogP contribution in [-0.2, 0) is 17.8 Å². The molecule has 2 heterocycles. The van der Waals surface area contributed by atoms with E-state index in [2.05, 4.69) is 4.98 Å². The first-order chi connectivity index (χ1) is 11.6. The van der Waals surface area contributed by atoms with Crippen LogP contribution in [0.4, 0.5) is 5.69 Å². The molecule has 3 aromatic rings. The minimum absolute atomic E-state index is 0.0121. The zero-order chi connectivity index (χ0) is 17.1. The van der Waals surface area contributed by atoms with Crippen molar-refractivity contribution in [1.82, 2.24) is 9.55 Å². The van der Waals surface area contributed by atoms with Gasteiger partial charge in [-0.2, -0.15) is 0 Å². The predicted molar refractivity (Wildman–Crippen MR) is 97.7 cm³/mol. The molecule has 0 spiro atoms. The summed E-state index contributed by atoms with van der Waals surface area (Å²) in [6.07, 6.45) is 2.34. The minimum atomic E-state index is -0.159. The number of amides is 1. The van der Waals surface area contributed by atoms with Gasteiger partial charge in [0.2, 0.25) is 5.91 Å². The molecule has 124 valence electrons. The maximum Gasteiger partial charge on any atom is 0.262 e. The first-order valence-electron chi connectivity index (χ1n) is 7.97. The fourth-order valence-electron chi connectivity index (χ4n) is 2.64. The first kappa shape index (κ1) is 16.4. The number of likely N-dealkylation sites (N-methyl/N-ethyl adjacent to an activating group) is 1. The second-order valence-corrected chi connectivity index (χ2v) is 6.55. The van der Waals surface area contributed by atoms with E-state index in [1.54, 1.807) is 4.90 Å². The largest absolute Gasteiger partial charge is 0.311 e. The summed E-state index contributed by atoms with van der Waals surface area (Å²) < 4.78 is 1.39. The van der Waals surface area contributed by atoms with E-state index in [0.717, 1.165) is 21.8 Å². The molecule has 0 bridgehead atoms. The van der Waals surface area contributed by atoms with Crippen molar-refractivity contribution in [2.24, 2.45) is 0 Å². The number of carbonyl (C=O) groups excluding carboxylic acids is 1. The highest BCUT2D eigenvalue weighted by molar-refractivity contribution is 7.18. The highest BCUT2D eigenvalue weighted by atomic mass is 32.1. The lowest BCUT2D eigenvalue weighted by Crippen LogP contribution is -2.36. The van der Waals surface area contributed by atoms with E-state index >= 15 is 0 Å². The number of hydrogen-bond donors (Lipinski definition) is 0. The SMILES string of the molecule is CCc1cc2c(=O)n(CC(=O)N(CC)c3ccccc3)cnc2s1. The summed E-state index contributed by atoms with van der Waals surface area (Å²) in [4.78, 5) is 33.1. The van der Waals surface area contributed by atoms with E-state index in [9.17, 15) is 9.59 Å². The van der Waals surface area contributed by atoms with Crippen molar-refractivity contribution in [3.05, 3.63) is 58.0 Å². The number of carbonyl (C=O) groups is 1. The number of benzene rings is 1. The van der Waals surface area contributed by atoms with Gasteiger partial charge in [0.1, 0.15) is 11.4 Å². The molecule has 0 aliphatic heterocycles. The summed E-state index contributed by atoms with van der Waals surface area (Å²) in [6, 6.07) is 11.3. The topological polar surface area (TPSA) is 55.2 Å². The molecule has 0 atom stereocenters. The Bertz CT molecular complexity index is 915. The fraction of sp³-hybridized carbons (Fsp3) is 0.278. The molecule has 0 aliphatic carbocycles. The van der Waals surface area contributed by atoms with Crippen LogP contribution in [0.5, 0.6) is 0 Å². The normalized spacial score (nSPS) is 10.9. The summed E-state index contributed by atoms with van der Waals surface area (Å²) in [5, 5.41) is 0.593. The quantitative estimate of drug-likeness (QED) is 0.717. The minimum Gasteiger partial charge on any atom is -0.311 e. The molecular weight excluding hydrogens is 322 g/mol. The van der Waals surface area contributed by atoms with Gasteiger partial charge < -0.3 is 4.90 Å². The van der Waals surface area contributed by atoms with Crippen LogP contribution >= 0.6 is 11.3 Å². The van der Waals surface area contributed by atoms with Crippen LogP contribution in [0.25, 0.3) is 10.2 Å². The number of aryl methyl sites for hydroxylation is 1. The number of thiophene rings is 1. The van der Waals surface area contributed by atoms with Gasteiger partial charge in [0.25, 0.3) is 5.56 Å². The van der Waals surface area contributed by atoms with Gasteiger partial charge in [-0.15, -0.1) is 11.3 Å².